The van der Waals surface area contributed by atoms with Crippen LogP contribution in [0.15, 0.2) is 35.8 Å². The first-order valence-corrected chi connectivity index (χ1v) is 10.2. The van der Waals surface area contributed by atoms with Crippen molar-refractivity contribution in [3.63, 3.8) is 0 Å². The van der Waals surface area contributed by atoms with Gasteiger partial charge in [-0.25, -0.2) is 9.37 Å². The van der Waals surface area contributed by atoms with Crippen molar-refractivity contribution in [2.45, 2.75) is 6.54 Å². The summed E-state index contributed by atoms with van der Waals surface area (Å²) in [5.41, 5.74) is 2.27. The van der Waals surface area contributed by atoms with Gasteiger partial charge >= 0.3 is 0 Å². The molecule has 3 heterocycles. The van der Waals surface area contributed by atoms with Crippen LogP contribution in [0.4, 0.5) is 4.39 Å². The van der Waals surface area contributed by atoms with Crippen LogP contribution in [0.25, 0.3) is 11.3 Å². The molecule has 7 nitrogen and oxygen atoms in total. The Labute approximate surface area is 172 Å². The Morgan fingerprint density at radius 1 is 1.21 bits per heavy atom. The SMILES string of the molecule is COc1nn(C)cc1C(=O)N1CCN(Cc2nc(-c3ccc(F)cc3)cs2)CC1. The monoisotopic (exact) mass is 415 g/mol. The van der Waals surface area contributed by atoms with Gasteiger partial charge in [0.2, 0.25) is 5.88 Å². The maximum absolute atomic E-state index is 13.1. The number of benzene rings is 1. The third-order valence-corrected chi connectivity index (χ3v) is 5.76. The molecule has 1 amide bonds. The lowest BCUT2D eigenvalue weighted by molar-refractivity contribution is 0.0625. The van der Waals surface area contributed by atoms with Crippen LogP contribution in [-0.2, 0) is 13.6 Å². The molecule has 0 N–H and O–H groups in total. The van der Waals surface area contributed by atoms with E-state index in [9.17, 15) is 9.18 Å². The molecule has 0 radical (unpaired) electrons. The van der Waals surface area contributed by atoms with E-state index >= 15 is 0 Å². The Kier molecular flexibility index (Phi) is 5.59. The zero-order valence-corrected chi connectivity index (χ0v) is 17.2. The fraction of sp³-hybridized carbons (Fsp3) is 0.350. The first-order chi connectivity index (χ1) is 14.0. The second-order valence-electron chi connectivity index (χ2n) is 6.93. The van der Waals surface area contributed by atoms with Gasteiger partial charge in [0.1, 0.15) is 16.4 Å². The van der Waals surface area contributed by atoms with Gasteiger partial charge in [0.15, 0.2) is 0 Å². The summed E-state index contributed by atoms with van der Waals surface area (Å²) >= 11 is 1.60. The number of hydrogen-bond donors (Lipinski definition) is 0. The number of ether oxygens (including phenoxy) is 1. The van der Waals surface area contributed by atoms with Gasteiger partial charge in [-0.05, 0) is 24.3 Å². The summed E-state index contributed by atoms with van der Waals surface area (Å²) in [5.74, 6) is 0.0546. The fourth-order valence-electron chi connectivity index (χ4n) is 3.37. The van der Waals surface area contributed by atoms with Crippen LogP contribution in [0.1, 0.15) is 15.4 Å². The highest BCUT2D eigenvalue weighted by Gasteiger charge is 2.26. The van der Waals surface area contributed by atoms with Gasteiger partial charge in [0.05, 0.1) is 19.3 Å². The number of methoxy groups -OCH3 is 1. The molecule has 1 saturated heterocycles. The predicted octanol–water partition coefficient (Wildman–Crippen LogP) is 2.65. The molecule has 1 fully saturated rings. The topological polar surface area (TPSA) is 63.5 Å². The average Bonchev–Trinajstić information content (AvgIpc) is 3.35. The van der Waals surface area contributed by atoms with Crippen molar-refractivity contribution in [3.05, 3.63) is 52.2 Å². The number of carbonyl (C=O) groups excluding carboxylic acids is 1. The van der Waals surface area contributed by atoms with E-state index in [0.717, 1.165) is 35.9 Å². The van der Waals surface area contributed by atoms with Crippen LogP contribution in [-0.4, -0.2) is 63.8 Å². The van der Waals surface area contributed by atoms with E-state index in [1.54, 1.807) is 41.4 Å². The third kappa shape index (κ3) is 4.30. The van der Waals surface area contributed by atoms with Crippen molar-refractivity contribution in [3.8, 4) is 17.1 Å². The number of thiazole rings is 1. The normalized spacial score (nSPS) is 14.9. The summed E-state index contributed by atoms with van der Waals surface area (Å²) in [5, 5.41) is 7.17. The lowest BCUT2D eigenvalue weighted by Gasteiger charge is -2.34. The summed E-state index contributed by atoms with van der Waals surface area (Å²) in [6, 6.07) is 6.38. The molecule has 29 heavy (non-hydrogen) atoms. The lowest BCUT2D eigenvalue weighted by Crippen LogP contribution is -2.48. The minimum absolute atomic E-state index is 0.0533. The number of halogens is 1. The number of nitrogens with zero attached hydrogens (tertiary/aromatic N) is 5. The first kappa shape index (κ1) is 19.5. The van der Waals surface area contributed by atoms with Gasteiger partial charge in [-0.3, -0.25) is 14.4 Å². The van der Waals surface area contributed by atoms with Crippen molar-refractivity contribution in [2.24, 2.45) is 7.05 Å². The van der Waals surface area contributed by atoms with Gasteiger partial charge in [0.25, 0.3) is 5.91 Å². The summed E-state index contributed by atoms with van der Waals surface area (Å²) in [7, 11) is 3.29. The zero-order valence-electron chi connectivity index (χ0n) is 16.3. The maximum atomic E-state index is 13.1. The highest BCUT2D eigenvalue weighted by molar-refractivity contribution is 7.09. The van der Waals surface area contributed by atoms with Crippen LogP contribution in [0.2, 0.25) is 0 Å². The Morgan fingerprint density at radius 2 is 1.93 bits per heavy atom. The quantitative estimate of drug-likeness (QED) is 0.641. The number of aryl methyl sites for hydroxylation is 1. The van der Waals surface area contributed by atoms with E-state index in [1.165, 1.54) is 19.2 Å². The maximum Gasteiger partial charge on any atom is 0.261 e. The number of piperazine rings is 1. The number of hydrogen-bond acceptors (Lipinski definition) is 6. The molecule has 1 aliphatic rings. The summed E-state index contributed by atoms with van der Waals surface area (Å²) in [6.45, 7) is 3.59. The second-order valence-corrected chi connectivity index (χ2v) is 7.87. The number of carbonyl (C=O) groups is 1. The van der Waals surface area contributed by atoms with Crippen LogP contribution >= 0.6 is 11.3 Å². The van der Waals surface area contributed by atoms with E-state index in [4.69, 9.17) is 4.74 Å². The highest BCUT2D eigenvalue weighted by atomic mass is 32.1. The molecule has 4 rings (SSSR count). The van der Waals surface area contributed by atoms with E-state index in [1.807, 2.05) is 10.3 Å². The molecule has 2 aromatic heterocycles. The number of rotatable bonds is 5. The Bertz CT molecular complexity index is 993. The second kappa shape index (κ2) is 8.30. The van der Waals surface area contributed by atoms with Crippen molar-refractivity contribution < 1.29 is 13.9 Å². The summed E-state index contributed by atoms with van der Waals surface area (Å²) in [4.78, 5) is 21.6. The fourth-order valence-corrected chi connectivity index (χ4v) is 4.22. The van der Waals surface area contributed by atoms with Crippen LogP contribution < -0.4 is 4.74 Å². The molecular formula is C20H22FN5O2S. The van der Waals surface area contributed by atoms with E-state index < -0.39 is 0 Å². The Morgan fingerprint density at radius 3 is 2.62 bits per heavy atom. The van der Waals surface area contributed by atoms with Crippen molar-refractivity contribution in [1.29, 1.82) is 0 Å². The average molecular weight is 415 g/mol. The standard InChI is InChI=1S/C20H22FN5O2S/c1-24-11-16(19(23-24)28-2)20(27)26-9-7-25(8-10-26)12-18-22-17(13-29-18)14-3-5-15(21)6-4-14/h3-6,11,13H,7-10,12H2,1-2H3. The number of aromatic nitrogens is 3. The summed E-state index contributed by atoms with van der Waals surface area (Å²) < 4.78 is 19.9. The molecule has 0 atom stereocenters. The Hall–Kier alpha value is -2.78. The van der Waals surface area contributed by atoms with Crippen molar-refractivity contribution in [1.82, 2.24) is 24.6 Å². The van der Waals surface area contributed by atoms with E-state index in [0.29, 0.717) is 24.5 Å². The van der Waals surface area contributed by atoms with Gasteiger partial charge in [-0.15, -0.1) is 16.4 Å². The molecule has 0 aliphatic carbocycles. The number of amides is 1. The van der Waals surface area contributed by atoms with E-state index in [2.05, 4.69) is 15.0 Å². The van der Waals surface area contributed by atoms with Crippen LogP contribution in [0.5, 0.6) is 5.88 Å². The van der Waals surface area contributed by atoms with Crippen molar-refractivity contribution in [2.75, 3.05) is 33.3 Å². The lowest BCUT2D eigenvalue weighted by atomic mass is 10.2. The van der Waals surface area contributed by atoms with Crippen LogP contribution in [0, 0.1) is 5.82 Å². The molecule has 0 unspecified atom stereocenters. The smallest absolute Gasteiger partial charge is 0.261 e. The molecule has 0 saturated carbocycles. The largest absolute Gasteiger partial charge is 0.479 e. The molecule has 9 heteroatoms. The zero-order chi connectivity index (χ0) is 20.4. The molecule has 1 aliphatic heterocycles. The molecule has 1 aromatic carbocycles. The van der Waals surface area contributed by atoms with E-state index in [-0.39, 0.29) is 11.7 Å². The molecule has 0 bridgehead atoms. The van der Waals surface area contributed by atoms with Gasteiger partial charge in [-0.2, -0.15) is 0 Å². The van der Waals surface area contributed by atoms with Gasteiger partial charge in [-0.1, -0.05) is 0 Å². The first-order valence-electron chi connectivity index (χ1n) is 9.33. The highest BCUT2D eigenvalue weighted by Crippen LogP contribution is 2.24. The summed E-state index contributed by atoms with van der Waals surface area (Å²) in [6.07, 6.45) is 1.69. The minimum Gasteiger partial charge on any atom is -0.479 e. The molecule has 0 spiro atoms. The van der Waals surface area contributed by atoms with Gasteiger partial charge < -0.3 is 9.64 Å². The van der Waals surface area contributed by atoms with Crippen LogP contribution in [0.3, 0.4) is 0 Å². The third-order valence-electron chi connectivity index (χ3n) is 4.93. The predicted molar refractivity (Wildman–Crippen MR) is 108 cm³/mol. The molecule has 3 aromatic rings. The Balaban J connectivity index is 1.34. The molecular weight excluding hydrogens is 393 g/mol. The van der Waals surface area contributed by atoms with Gasteiger partial charge in [0, 0.05) is 50.4 Å². The minimum atomic E-state index is -0.250. The van der Waals surface area contributed by atoms with Crippen molar-refractivity contribution >= 4 is 17.2 Å². The molecule has 152 valence electrons.